The molecule has 0 aromatic rings. The smallest absolute Gasteiger partial charge is 0.0663 e. The number of hydrogen-bond acceptors (Lipinski definition) is 2. The van der Waals surface area contributed by atoms with Crippen LogP contribution in [0.15, 0.2) is 0 Å². The van der Waals surface area contributed by atoms with E-state index in [0.29, 0.717) is 11.4 Å². The van der Waals surface area contributed by atoms with Crippen LogP contribution in [-0.4, -0.2) is 23.7 Å². The van der Waals surface area contributed by atoms with Crippen LogP contribution in [0, 0.1) is 0 Å². The van der Waals surface area contributed by atoms with Gasteiger partial charge in [0.25, 0.3) is 0 Å². The predicted octanol–water partition coefficient (Wildman–Crippen LogP) is 1.53. The zero-order chi connectivity index (χ0) is 5.98. The lowest BCUT2D eigenvalue weighted by molar-refractivity contribution is 0.0725. The summed E-state index contributed by atoms with van der Waals surface area (Å²) in [6, 6.07) is 0. The minimum absolute atomic E-state index is 0.466. The van der Waals surface area contributed by atoms with E-state index in [1.807, 2.05) is 11.8 Å². The van der Waals surface area contributed by atoms with Gasteiger partial charge < -0.3 is 4.74 Å². The SMILES string of the molecule is CC1OCCSC1C. The molecule has 0 N–H and O–H groups in total. The molecule has 1 heterocycles. The third-order valence-electron chi connectivity index (χ3n) is 1.51. The number of rotatable bonds is 0. The molecule has 2 atom stereocenters. The fourth-order valence-electron chi connectivity index (χ4n) is 0.739. The molecule has 0 bridgehead atoms. The monoisotopic (exact) mass is 132 g/mol. The molecule has 1 aliphatic heterocycles. The Kier molecular flexibility index (Phi) is 2.20. The quantitative estimate of drug-likeness (QED) is 0.494. The van der Waals surface area contributed by atoms with Crippen molar-refractivity contribution < 1.29 is 4.74 Å². The van der Waals surface area contributed by atoms with Crippen molar-refractivity contribution in [2.45, 2.75) is 25.2 Å². The van der Waals surface area contributed by atoms with Crippen LogP contribution in [-0.2, 0) is 4.74 Å². The molecule has 2 heteroatoms. The highest BCUT2D eigenvalue weighted by Gasteiger charge is 2.16. The molecule has 1 fully saturated rings. The van der Waals surface area contributed by atoms with Crippen molar-refractivity contribution in [1.29, 1.82) is 0 Å². The van der Waals surface area contributed by atoms with Gasteiger partial charge in [0.2, 0.25) is 0 Å². The first kappa shape index (κ1) is 6.43. The highest BCUT2D eigenvalue weighted by atomic mass is 32.2. The second-order valence-electron chi connectivity index (χ2n) is 2.15. The average Bonchev–Trinajstić information content (AvgIpc) is 1.77. The van der Waals surface area contributed by atoms with Crippen molar-refractivity contribution in [2.24, 2.45) is 0 Å². The molecule has 1 rings (SSSR count). The minimum atomic E-state index is 0.466. The van der Waals surface area contributed by atoms with E-state index in [1.165, 1.54) is 5.75 Å². The van der Waals surface area contributed by atoms with Gasteiger partial charge in [-0.15, -0.1) is 0 Å². The first-order valence-corrected chi connectivity index (χ1v) is 4.09. The van der Waals surface area contributed by atoms with Gasteiger partial charge in [-0.05, 0) is 6.92 Å². The minimum Gasteiger partial charge on any atom is -0.377 e. The average molecular weight is 132 g/mol. The van der Waals surface area contributed by atoms with Crippen LogP contribution >= 0.6 is 11.8 Å². The lowest BCUT2D eigenvalue weighted by atomic mass is 10.3. The van der Waals surface area contributed by atoms with Gasteiger partial charge in [0.15, 0.2) is 0 Å². The van der Waals surface area contributed by atoms with Gasteiger partial charge in [-0.3, -0.25) is 0 Å². The van der Waals surface area contributed by atoms with E-state index in [4.69, 9.17) is 4.74 Å². The maximum atomic E-state index is 5.37. The van der Waals surface area contributed by atoms with Gasteiger partial charge in [0.1, 0.15) is 0 Å². The zero-order valence-corrected chi connectivity index (χ0v) is 6.20. The van der Waals surface area contributed by atoms with Crippen LogP contribution in [0.25, 0.3) is 0 Å². The van der Waals surface area contributed by atoms with Crippen LogP contribution in [0.5, 0.6) is 0 Å². The lowest BCUT2D eigenvalue weighted by Crippen LogP contribution is -2.27. The molecule has 1 nitrogen and oxygen atoms in total. The van der Waals surface area contributed by atoms with E-state index in [9.17, 15) is 0 Å². The van der Waals surface area contributed by atoms with E-state index in [1.54, 1.807) is 0 Å². The van der Waals surface area contributed by atoms with E-state index in [-0.39, 0.29) is 0 Å². The van der Waals surface area contributed by atoms with Crippen molar-refractivity contribution in [3.63, 3.8) is 0 Å². The molecule has 8 heavy (non-hydrogen) atoms. The summed E-state index contributed by atoms with van der Waals surface area (Å²) in [6.07, 6.45) is 0.466. The molecule has 0 aromatic carbocycles. The summed E-state index contributed by atoms with van der Waals surface area (Å²) < 4.78 is 5.37. The fraction of sp³-hybridized carbons (Fsp3) is 1.00. The van der Waals surface area contributed by atoms with Gasteiger partial charge in [0, 0.05) is 11.0 Å². The van der Waals surface area contributed by atoms with Crippen molar-refractivity contribution in [3.05, 3.63) is 0 Å². The van der Waals surface area contributed by atoms with Gasteiger partial charge in [-0.25, -0.2) is 0 Å². The van der Waals surface area contributed by atoms with Crippen LogP contribution in [0.4, 0.5) is 0 Å². The Balaban J connectivity index is 2.28. The molecular formula is C6H12OS. The van der Waals surface area contributed by atoms with Gasteiger partial charge >= 0.3 is 0 Å². The van der Waals surface area contributed by atoms with Gasteiger partial charge in [0.05, 0.1) is 12.7 Å². The Bertz CT molecular complexity index is 64.9. The summed E-state index contributed by atoms with van der Waals surface area (Å²) >= 11 is 2.00. The molecule has 0 amide bonds. The van der Waals surface area contributed by atoms with E-state index in [0.717, 1.165) is 6.61 Å². The molecule has 2 unspecified atom stereocenters. The molecule has 0 saturated carbocycles. The molecular weight excluding hydrogens is 120 g/mol. The Morgan fingerprint density at radius 3 is 2.62 bits per heavy atom. The maximum Gasteiger partial charge on any atom is 0.0663 e. The Labute approximate surface area is 54.8 Å². The maximum absolute atomic E-state index is 5.37. The van der Waals surface area contributed by atoms with E-state index in [2.05, 4.69) is 13.8 Å². The Morgan fingerprint density at radius 1 is 1.50 bits per heavy atom. The number of ether oxygens (including phenoxy) is 1. The molecule has 1 saturated heterocycles. The van der Waals surface area contributed by atoms with Crippen LogP contribution in [0.1, 0.15) is 13.8 Å². The standard InChI is InChI=1S/C6H12OS/c1-5-6(2)8-4-3-7-5/h5-6H,3-4H2,1-2H3. The lowest BCUT2D eigenvalue weighted by Gasteiger charge is -2.24. The molecule has 0 aliphatic carbocycles. The Hall–Kier alpha value is 0.310. The van der Waals surface area contributed by atoms with Crippen molar-refractivity contribution in [2.75, 3.05) is 12.4 Å². The third-order valence-corrected chi connectivity index (χ3v) is 2.82. The third kappa shape index (κ3) is 1.39. The summed E-state index contributed by atoms with van der Waals surface area (Å²) in [5, 5.41) is 0.698. The fourth-order valence-corrected chi connectivity index (χ4v) is 1.65. The largest absolute Gasteiger partial charge is 0.377 e. The molecule has 1 aliphatic rings. The molecule has 0 radical (unpaired) electrons. The van der Waals surface area contributed by atoms with Crippen molar-refractivity contribution >= 4 is 11.8 Å². The second-order valence-corrected chi connectivity index (χ2v) is 3.64. The molecule has 0 spiro atoms. The summed E-state index contributed by atoms with van der Waals surface area (Å²) in [5.41, 5.74) is 0. The summed E-state index contributed by atoms with van der Waals surface area (Å²) in [6.45, 7) is 5.29. The van der Waals surface area contributed by atoms with Gasteiger partial charge in [-0.2, -0.15) is 11.8 Å². The first-order chi connectivity index (χ1) is 3.80. The Morgan fingerprint density at radius 2 is 2.25 bits per heavy atom. The predicted molar refractivity (Wildman–Crippen MR) is 37.3 cm³/mol. The van der Waals surface area contributed by atoms with Crippen molar-refractivity contribution in [1.82, 2.24) is 0 Å². The van der Waals surface area contributed by atoms with E-state index >= 15 is 0 Å². The van der Waals surface area contributed by atoms with E-state index < -0.39 is 0 Å². The van der Waals surface area contributed by atoms with Crippen molar-refractivity contribution in [3.8, 4) is 0 Å². The summed E-state index contributed by atoms with van der Waals surface area (Å²) in [7, 11) is 0. The highest BCUT2D eigenvalue weighted by molar-refractivity contribution is 8.00. The zero-order valence-electron chi connectivity index (χ0n) is 5.39. The second kappa shape index (κ2) is 2.74. The normalized spacial score (nSPS) is 39.8. The topological polar surface area (TPSA) is 9.23 Å². The van der Waals surface area contributed by atoms with Crippen LogP contribution in [0.3, 0.4) is 0 Å². The van der Waals surface area contributed by atoms with Crippen LogP contribution < -0.4 is 0 Å². The molecule has 0 aromatic heterocycles. The number of hydrogen-bond donors (Lipinski definition) is 0. The first-order valence-electron chi connectivity index (χ1n) is 3.04. The highest BCUT2D eigenvalue weighted by Crippen LogP contribution is 2.20. The van der Waals surface area contributed by atoms with Gasteiger partial charge in [-0.1, -0.05) is 6.92 Å². The van der Waals surface area contributed by atoms with Crippen LogP contribution in [0.2, 0.25) is 0 Å². The molecule has 48 valence electrons. The summed E-state index contributed by atoms with van der Waals surface area (Å²) in [5.74, 6) is 1.17. The summed E-state index contributed by atoms with van der Waals surface area (Å²) in [4.78, 5) is 0. The number of thioether (sulfide) groups is 1.